The maximum atomic E-state index is 12.7. The number of nitrogens with zero attached hydrogens (tertiary/aromatic N) is 1. The molecule has 0 amide bonds. The molecule has 0 bridgehead atoms. The van der Waals surface area contributed by atoms with Gasteiger partial charge in [0.1, 0.15) is 11.6 Å². The fraction of sp³-hybridized carbons (Fsp3) is 0.0909. The van der Waals surface area contributed by atoms with Crippen LogP contribution in [0.25, 0.3) is 6.08 Å². The highest BCUT2D eigenvalue weighted by Gasteiger charge is 2.10. The number of hydrogen-bond acceptors (Lipinski definition) is 6. The normalized spacial score (nSPS) is 10.8. The standard InChI is InChI=1S/C22H21N3O3/c1-28-21-11-7-15(13-19(21)23)6-10-20(27)18-3-2-12-24-22(18)25-17-8-4-16(14-26)5-9-17/h2-13,26H,14,23H2,1H3,(H,24,25)/b10-6+. The highest BCUT2D eigenvalue weighted by atomic mass is 16.5. The van der Waals surface area contributed by atoms with Gasteiger partial charge in [-0.15, -0.1) is 0 Å². The van der Waals surface area contributed by atoms with Gasteiger partial charge in [0.2, 0.25) is 0 Å². The molecule has 0 saturated heterocycles. The number of aliphatic hydroxyl groups excluding tert-OH is 1. The second-order valence-corrected chi connectivity index (χ2v) is 6.08. The summed E-state index contributed by atoms with van der Waals surface area (Å²) in [6, 6.07) is 16.0. The van der Waals surface area contributed by atoms with Crippen molar-refractivity contribution in [2.45, 2.75) is 6.61 Å². The Balaban J connectivity index is 1.79. The number of rotatable bonds is 7. The molecule has 6 nitrogen and oxygen atoms in total. The minimum absolute atomic E-state index is 0.0196. The number of hydrogen-bond donors (Lipinski definition) is 3. The number of methoxy groups -OCH3 is 1. The van der Waals surface area contributed by atoms with Crippen LogP contribution < -0.4 is 15.8 Å². The predicted molar refractivity (Wildman–Crippen MR) is 111 cm³/mol. The number of pyridine rings is 1. The predicted octanol–water partition coefficient (Wildman–Crippen LogP) is 3.80. The Kier molecular flexibility index (Phi) is 6.04. The van der Waals surface area contributed by atoms with Crippen molar-refractivity contribution in [2.24, 2.45) is 0 Å². The quantitative estimate of drug-likeness (QED) is 0.330. The van der Waals surface area contributed by atoms with Crippen LogP contribution >= 0.6 is 0 Å². The first kappa shape index (κ1) is 19.1. The number of ether oxygens (including phenoxy) is 1. The number of allylic oxidation sites excluding steroid dienone is 1. The zero-order valence-corrected chi connectivity index (χ0v) is 15.4. The van der Waals surface area contributed by atoms with E-state index in [0.29, 0.717) is 22.8 Å². The molecule has 0 radical (unpaired) electrons. The Morgan fingerprint density at radius 3 is 2.68 bits per heavy atom. The number of benzene rings is 2. The van der Waals surface area contributed by atoms with Gasteiger partial charge in [-0.2, -0.15) is 0 Å². The SMILES string of the molecule is COc1ccc(/C=C/C(=O)c2cccnc2Nc2ccc(CO)cc2)cc1N. The summed E-state index contributed by atoms with van der Waals surface area (Å²) in [6.07, 6.45) is 4.80. The summed E-state index contributed by atoms with van der Waals surface area (Å²) in [5.74, 6) is 0.870. The van der Waals surface area contributed by atoms with Crippen LogP contribution in [0.2, 0.25) is 0 Å². The van der Waals surface area contributed by atoms with Crippen molar-refractivity contribution in [3.05, 3.63) is 83.6 Å². The molecule has 0 unspecified atom stereocenters. The third kappa shape index (κ3) is 4.55. The molecular formula is C22H21N3O3. The largest absolute Gasteiger partial charge is 0.495 e. The third-order valence-electron chi connectivity index (χ3n) is 4.15. The van der Waals surface area contributed by atoms with Crippen molar-refractivity contribution < 1.29 is 14.6 Å². The van der Waals surface area contributed by atoms with Crippen molar-refractivity contribution in [1.29, 1.82) is 0 Å². The van der Waals surface area contributed by atoms with Crippen LogP contribution in [0.15, 0.2) is 66.9 Å². The molecule has 0 atom stereocenters. The number of aliphatic hydroxyl groups is 1. The van der Waals surface area contributed by atoms with Gasteiger partial charge in [-0.25, -0.2) is 4.98 Å². The number of ketones is 1. The first-order valence-corrected chi connectivity index (χ1v) is 8.68. The smallest absolute Gasteiger partial charge is 0.189 e. The second-order valence-electron chi connectivity index (χ2n) is 6.08. The molecule has 0 spiro atoms. The summed E-state index contributed by atoms with van der Waals surface area (Å²) in [5, 5.41) is 12.3. The number of carbonyl (C=O) groups excluding carboxylic acids is 1. The van der Waals surface area contributed by atoms with Crippen molar-refractivity contribution in [2.75, 3.05) is 18.2 Å². The van der Waals surface area contributed by atoms with Crippen LogP contribution in [0.4, 0.5) is 17.2 Å². The Morgan fingerprint density at radius 2 is 2.00 bits per heavy atom. The number of nitrogens with two attached hydrogens (primary N) is 1. The molecule has 0 aliphatic carbocycles. The molecular weight excluding hydrogens is 354 g/mol. The maximum absolute atomic E-state index is 12.7. The van der Waals surface area contributed by atoms with E-state index >= 15 is 0 Å². The van der Waals surface area contributed by atoms with Crippen molar-refractivity contribution in [3.8, 4) is 5.75 Å². The van der Waals surface area contributed by atoms with Gasteiger partial charge in [0.15, 0.2) is 5.78 Å². The molecule has 0 fully saturated rings. The average molecular weight is 375 g/mol. The number of nitrogens with one attached hydrogen (secondary N) is 1. The van der Waals surface area contributed by atoms with Crippen LogP contribution in [0.5, 0.6) is 5.75 Å². The number of carbonyl (C=O) groups is 1. The molecule has 28 heavy (non-hydrogen) atoms. The highest BCUT2D eigenvalue weighted by Crippen LogP contribution is 2.23. The van der Waals surface area contributed by atoms with E-state index in [4.69, 9.17) is 15.6 Å². The van der Waals surface area contributed by atoms with E-state index in [9.17, 15) is 4.79 Å². The van der Waals surface area contributed by atoms with Gasteiger partial charge >= 0.3 is 0 Å². The van der Waals surface area contributed by atoms with Crippen molar-refractivity contribution in [3.63, 3.8) is 0 Å². The van der Waals surface area contributed by atoms with Gasteiger partial charge in [0.25, 0.3) is 0 Å². The fourth-order valence-electron chi connectivity index (χ4n) is 2.65. The van der Waals surface area contributed by atoms with Crippen LogP contribution in [-0.2, 0) is 6.61 Å². The number of aromatic nitrogens is 1. The molecule has 1 heterocycles. The molecule has 0 aliphatic heterocycles. The summed E-state index contributed by atoms with van der Waals surface area (Å²) in [6.45, 7) is -0.0196. The Morgan fingerprint density at radius 1 is 1.21 bits per heavy atom. The van der Waals surface area contributed by atoms with Gasteiger partial charge in [0.05, 0.1) is 25.0 Å². The summed E-state index contributed by atoms with van der Waals surface area (Å²) < 4.78 is 5.14. The molecule has 4 N–H and O–H groups in total. The first-order chi connectivity index (χ1) is 13.6. The Bertz CT molecular complexity index is 998. The van der Waals surface area contributed by atoms with E-state index in [2.05, 4.69) is 10.3 Å². The lowest BCUT2D eigenvalue weighted by Gasteiger charge is -2.09. The average Bonchev–Trinajstić information content (AvgIpc) is 2.73. The lowest BCUT2D eigenvalue weighted by Crippen LogP contribution is -2.03. The zero-order chi connectivity index (χ0) is 19.9. The van der Waals surface area contributed by atoms with Gasteiger partial charge in [-0.3, -0.25) is 4.79 Å². The monoisotopic (exact) mass is 375 g/mol. The van der Waals surface area contributed by atoms with Crippen molar-refractivity contribution in [1.82, 2.24) is 4.98 Å². The van der Waals surface area contributed by atoms with Crippen LogP contribution in [0.1, 0.15) is 21.5 Å². The van der Waals surface area contributed by atoms with E-state index in [1.165, 1.54) is 6.08 Å². The molecule has 6 heteroatoms. The summed E-state index contributed by atoms with van der Waals surface area (Å²) in [7, 11) is 1.55. The fourth-order valence-corrected chi connectivity index (χ4v) is 2.65. The summed E-state index contributed by atoms with van der Waals surface area (Å²) in [4.78, 5) is 17.0. The summed E-state index contributed by atoms with van der Waals surface area (Å²) in [5.41, 5.74) is 9.24. The minimum Gasteiger partial charge on any atom is -0.495 e. The molecule has 142 valence electrons. The second kappa shape index (κ2) is 8.83. The number of anilines is 3. The van der Waals surface area contributed by atoms with E-state index in [1.807, 2.05) is 18.2 Å². The minimum atomic E-state index is -0.183. The van der Waals surface area contributed by atoms with Gasteiger partial charge in [-0.05, 0) is 53.6 Å². The molecule has 3 aromatic rings. The highest BCUT2D eigenvalue weighted by molar-refractivity contribution is 6.10. The van der Waals surface area contributed by atoms with Gasteiger partial charge < -0.3 is 20.9 Å². The van der Waals surface area contributed by atoms with E-state index in [-0.39, 0.29) is 12.4 Å². The van der Waals surface area contributed by atoms with Crippen LogP contribution in [0.3, 0.4) is 0 Å². The Hall–Kier alpha value is -3.64. The number of nitrogen functional groups attached to an aromatic ring is 1. The molecule has 2 aromatic carbocycles. The topological polar surface area (TPSA) is 97.5 Å². The molecule has 3 rings (SSSR count). The van der Waals surface area contributed by atoms with E-state index in [0.717, 1.165) is 16.8 Å². The van der Waals surface area contributed by atoms with E-state index < -0.39 is 0 Å². The van der Waals surface area contributed by atoms with Crippen LogP contribution in [0, 0.1) is 0 Å². The summed E-state index contributed by atoms with van der Waals surface area (Å²) >= 11 is 0. The van der Waals surface area contributed by atoms with Crippen LogP contribution in [-0.4, -0.2) is 23.0 Å². The van der Waals surface area contributed by atoms with Gasteiger partial charge in [-0.1, -0.05) is 24.3 Å². The lowest BCUT2D eigenvalue weighted by atomic mass is 10.1. The first-order valence-electron chi connectivity index (χ1n) is 8.68. The lowest BCUT2D eigenvalue weighted by molar-refractivity contribution is 0.104. The zero-order valence-electron chi connectivity index (χ0n) is 15.4. The van der Waals surface area contributed by atoms with Gasteiger partial charge in [0, 0.05) is 11.9 Å². The molecule has 1 aromatic heterocycles. The molecule has 0 saturated carbocycles. The Labute approximate surface area is 163 Å². The maximum Gasteiger partial charge on any atom is 0.189 e. The van der Waals surface area contributed by atoms with Crippen molar-refractivity contribution >= 4 is 29.1 Å². The molecule has 0 aliphatic rings. The third-order valence-corrected chi connectivity index (χ3v) is 4.15. The van der Waals surface area contributed by atoms with E-state index in [1.54, 1.807) is 55.8 Å².